The van der Waals surface area contributed by atoms with Crippen LogP contribution >= 0.6 is 0 Å². The van der Waals surface area contributed by atoms with E-state index < -0.39 is 0 Å². The fourth-order valence-electron chi connectivity index (χ4n) is 0. The molecule has 8 heavy (non-hydrogen) atoms. The zero-order valence-electron chi connectivity index (χ0n) is 3.00. The van der Waals surface area contributed by atoms with E-state index in [9.17, 15) is 0 Å². The van der Waals surface area contributed by atoms with Gasteiger partial charge in [-0.05, 0) is 0 Å². The van der Waals surface area contributed by atoms with Crippen molar-refractivity contribution >= 4 is 103 Å². The second-order valence-electron chi connectivity index (χ2n) is 0. The summed E-state index contributed by atoms with van der Waals surface area (Å²) in [4.78, 5) is 0. The summed E-state index contributed by atoms with van der Waals surface area (Å²) in [5.74, 6) is 0. The molecule has 0 unspecified atom stereocenters. The van der Waals surface area contributed by atoms with Crippen LogP contribution in [0.15, 0.2) is 0 Å². The van der Waals surface area contributed by atoms with Crippen molar-refractivity contribution in [2.75, 3.05) is 0 Å². The van der Waals surface area contributed by atoms with Crippen LogP contribution in [0, 0.1) is 0 Å². The molecule has 12 N–H and O–H groups in total. The fourth-order valence-corrected chi connectivity index (χ4v) is 0. The molecule has 0 saturated carbocycles. The van der Waals surface area contributed by atoms with Crippen LogP contribution in [0.4, 0.5) is 0 Å². The summed E-state index contributed by atoms with van der Waals surface area (Å²) >= 11 is 0. The second-order valence-corrected chi connectivity index (χ2v) is 0. The predicted molar refractivity (Wildman–Crippen MR) is 36.0 cm³/mol. The van der Waals surface area contributed by atoms with Crippen LogP contribution in [0.3, 0.4) is 0 Å². The standard InChI is InChI=1S/2K.6H2O.2H/h;;6*1H2;;. The van der Waals surface area contributed by atoms with Crippen molar-refractivity contribution in [1.82, 2.24) is 0 Å². The van der Waals surface area contributed by atoms with E-state index in [4.69, 9.17) is 0 Å². The van der Waals surface area contributed by atoms with Gasteiger partial charge in [0.05, 0.1) is 0 Å². The van der Waals surface area contributed by atoms with Crippen molar-refractivity contribution in [2.24, 2.45) is 0 Å². The van der Waals surface area contributed by atoms with Crippen molar-refractivity contribution in [3.05, 3.63) is 0 Å². The van der Waals surface area contributed by atoms with Gasteiger partial charge in [0.1, 0.15) is 0 Å². The van der Waals surface area contributed by atoms with E-state index in [0.717, 1.165) is 0 Å². The van der Waals surface area contributed by atoms with Gasteiger partial charge in [0, 0.05) is 0 Å². The van der Waals surface area contributed by atoms with E-state index in [1.807, 2.05) is 0 Å². The van der Waals surface area contributed by atoms with Gasteiger partial charge in [-0.15, -0.1) is 0 Å². The number of rotatable bonds is 0. The summed E-state index contributed by atoms with van der Waals surface area (Å²) in [6, 6.07) is 0. The summed E-state index contributed by atoms with van der Waals surface area (Å²) in [5.41, 5.74) is 0. The molecule has 0 bridgehead atoms. The first-order chi connectivity index (χ1) is 0. The molecule has 0 amide bonds. The maximum atomic E-state index is 0. The monoisotopic (exact) mass is 188 g/mol. The summed E-state index contributed by atoms with van der Waals surface area (Å²) < 4.78 is 0. The normalized spacial score (nSPS) is 0. The topological polar surface area (TPSA) is 189 Å². The third-order valence-electron chi connectivity index (χ3n) is 0. The summed E-state index contributed by atoms with van der Waals surface area (Å²) in [6.07, 6.45) is 0. The summed E-state index contributed by atoms with van der Waals surface area (Å²) in [5, 5.41) is 0. The Balaban J connectivity index is 0. The van der Waals surface area contributed by atoms with Gasteiger partial charge in [0.2, 0.25) is 0 Å². The Morgan fingerprint density at radius 2 is 0.250 bits per heavy atom. The van der Waals surface area contributed by atoms with Crippen molar-refractivity contribution in [2.45, 2.75) is 0 Å². The Morgan fingerprint density at radius 3 is 0.250 bits per heavy atom. The van der Waals surface area contributed by atoms with Crippen LogP contribution < -0.4 is 0 Å². The van der Waals surface area contributed by atoms with Crippen LogP contribution in [0.1, 0.15) is 0 Å². The molecule has 0 radical (unpaired) electrons. The molecule has 0 aliphatic carbocycles. The summed E-state index contributed by atoms with van der Waals surface area (Å²) in [6.45, 7) is 0. The molecule has 0 aliphatic rings. The van der Waals surface area contributed by atoms with E-state index in [-0.39, 0.29) is 136 Å². The Bertz CT molecular complexity index is 6.49. The van der Waals surface area contributed by atoms with Crippen molar-refractivity contribution in [1.29, 1.82) is 0 Å². The minimum absolute atomic E-state index is 0. The Morgan fingerprint density at radius 1 is 0.250 bits per heavy atom. The van der Waals surface area contributed by atoms with Gasteiger partial charge in [-0.3, -0.25) is 0 Å². The van der Waals surface area contributed by atoms with Gasteiger partial charge < -0.3 is 32.9 Å². The Hall–Kier alpha value is 3.03. The third kappa shape index (κ3) is 63.4. The van der Waals surface area contributed by atoms with Crippen molar-refractivity contribution in [3.63, 3.8) is 0 Å². The molecular formula is H14K2O6. The van der Waals surface area contributed by atoms with Crippen LogP contribution in [0.25, 0.3) is 0 Å². The maximum absolute atomic E-state index is 0. The molecule has 0 aromatic rings. The molecule has 0 spiro atoms. The molecule has 0 aromatic carbocycles. The van der Waals surface area contributed by atoms with Crippen LogP contribution in [-0.4, -0.2) is 136 Å². The SMILES string of the molecule is O.O.O.O.O.O.[KH].[KH]. The van der Waals surface area contributed by atoms with Crippen LogP contribution in [0.5, 0.6) is 0 Å². The van der Waals surface area contributed by atoms with E-state index in [1.54, 1.807) is 0 Å². The van der Waals surface area contributed by atoms with E-state index >= 15 is 0 Å². The molecule has 0 aliphatic heterocycles. The molecule has 6 nitrogen and oxygen atoms in total. The zero-order chi connectivity index (χ0) is 0. The van der Waals surface area contributed by atoms with Gasteiger partial charge in [-0.2, -0.15) is 0 Å². The first kappa shape index (κ1) is 121. The molecule has 0 fully saturated rings. The zero-order valence-corrected chi connectivity index (χ0v) is 3.00. The molecule has 0 saturated heterocycles. The number of hydrogen-bond acceptors (Lipinski definition) is 0. The van der Waals surface area contributed by atoms with Gasteiger partial charge in [0.25, 0.3) is 0 Å². The third-order valence-corrected chi connectivity index (χ3v) is 0. The van der Waals surface area contributed by atoms with E-state index in [2.05, 4.69) is 0 Å². The number of hydrogen-bond donors (Lipinski definition) is 0. The fraction of sp³-hybridized carbons (Fsp3) is 0. The van der Waals surface area contributed by atoms with Crippen molar-refractivity contribution in [3.8, 4) is 0 Å². The van der Waals surface area contributed by atoms with E-state index in [0.29, 0.717) is 0 Å². The first-order valence-electron chi connectivity index (χ1n) is 0. The summed E-state index contributed by atoms with van der Waals surface area (Å²) in [7, 11) is 0. The van der Waals surface area contributed by atoms with Crippen molar-refractivity contribution < 1.29 is 32.9 Å². The van der Waals surface area contributed by atoms with Gasteiger partial charge in [-0.1, -0.05) is 0 Å². The Labute approximate surface area is 132 Å². The molecule has 0 aromatic heterocycles. The second kappa shape index (κ2) is 89.0. The molecule has 8 heteroatoms. The average Bonchev–Trinajstić information content (AvgIpc) is 0. The first-order valence-corrected chi connectivity index (χ1v) is 0. The van der Waals surface area contributed by atoms with E-state index in [1.165, 1.54) is 0 Å². The molecule has 52 valence electrons. The minimum atomic E-state index is 0. The molecule has 0 atom stereocenters. The molecular weight excluding hydrogens is 174 g/mol. The van der Waals surface area contributed by atoms with Gasteiger partial charge >= 0.3 is 103 Å². The quantitative estimate of drug-likeness (QED) is 0.327. The molecule has 0 rings (SSSR count). The van der Waals surface area contributed by atoms with Gasteiger partial charge in [0.15, 0.2) is 0 Å². The van der Waals surface area contributed by atoms with Crippen LogP contribution in [0.2, 0.25) is 0 Å². The Kier molecular flexibility index (Phi) is 1340. The van der Waals surface area contributed by atoms with Crippen LogP contribution in [-0.2, 0) is 0 Å². The predicted octanol–water partition coefficient (Wildman–Crippen LogP) is -6.25. The molecule has 0 heterocycles. The average molecular weight is 188 g/mol. The van der Waals surface area contributed by atoms with Gasteiger partial charge in [-0.25, -0.2) is 0 Å².